The molecule has 1 amide bonds. The van der Waals surface area contributed by atoms with Gasteiger partial charge in [-0.05, 0) is 18.2 Å². The Morgan fingerprint density at radius 2 is 1.76 bits per heavy atom. The molecule has 92 valence electrons. The summed E-state index contributed by atoms with van der Waals surface area (Å²) in [6.45, 7) is 0. The molecule has 0 aromatic heterocycles. The van der Waals surface area contributed by atoms with Gasteiger partial charge in [0.1, 0.15) is 0 Å². The summed E-state index contributed by atoms with van der Waals surface area (Å²) in [6.07, 6.45) is 0.0485. The fourth-order valence-electron chi connectivity index (χ4n) is 1.26. The first-order valence-electron chi connectivity index (χ1n) is 5.10. The molecule has 0 aliphatic heterocycles. The standard InChI is InChI=1S/C12H13F2NO2/c1-15(2)12(17)6-5-11(16)8-3-4-9(13)10(14)7-8/h3-4,7H,5-6H2,1-2H3. The van der Waals surface area contributed by atoms with Gasteiger partial charge < -0.3 is 4.90 Å². The molecule has 0 unspecified atom stereocenters. The number of carbonyl (C=O) groups excluding carboxylic acids is 2. The van der Waals surface area contributed by atoms with E-state index in [0.29, 0.717) is 0 Å². The van der Waals surface area contributed by atoms with Crippen molar-refractivity contribution in [3.8, 4) is 0 Å². The van der Waals surface area contributed by atoms with Crippen LogP contribution in [-0.2, 0) is 4.79 Å². The highest BCUT2D eigenvalue weighted by Gasteiger charge is 2.12. The molecule has 0 saturated heterocycles. The van der Waals surface area contributed by atoms with Gasteiger partial charge in [-0.1, -0.05) is 0 Å². The molecule has 0 bridgehead atoms. The third-order valence-corrected chi connectivity index (χ3v) is 2.31. The normalized spacial score (nSPS) is 10.1. The van der Waals surface area contributed by atoms with E-state index in [4.69, 9.17) is 0 Å². The minimum Gasteiger partial charge on any atom is -0.349 e. The maximum Gasteiger partial charge on any atom is 0.222 e. The van der Waals surface area contributed by atoms with Crippen molar-refractivity contribution in [2.24, 2.45) is 0 Å². The smallest absolute Gasteiger partial charge is 0.222 e. The zero-order valence-corrected chi connectivity index (χ0v) is 9.67. The van der Waals surface area contributed by atoms with E-state index in [2.05, 4.69) is 0 Å². The zero-order valence-electron chi connectivity index (χ0n) is 9.67. The molecule has 0 radical (unpaired) electrons. The maximum atomic E-state index is 12.9. The molecule has 0 aliphatic rings. The highest BCUT2D eigenvalue weighted by atomic mass is 19.2. The molecule has 0 spiro atoms. The van der Waals surface area contributed by atoms with Gasteiger partial charge in [0.15, 0.2) is 17.4 Å². The monoisotopic (exact) mass is 241 g/mol. The summed E-state index contributed by atoms with van der Waals surface area (Å²) in [5, 5.41) is 0. The Hall–Kier alpha value is -1.78. The Balaban J connectivity index is 2.64. The molecule has 0 fully saturated rings. The van der Waals surface area contributed by atoms with Crippen LogP contribution in [-0.4, -0.2) is 30.7 Å². The third-order valence-electron chi connectivity index (χ3n) is 2.31. The van der Waals surface area contributed by atoms with E-state index in [-0.39, 0.29) is 30.1 Å². The molecule has 17 heavy (non-hydrogen) atoms. The summed E-state index contributed by atoms with van der Waals surface area (Å²) in [7, 11) is 3.18. The molecule has 1 aromatic rings. The minimum atomic E-state index is -1.06. The lowest BCUT2D eigenvalue weighted by molar-refractivity contribution is -0.128. The van der Waals surface area contributed by atoms with Crippen LogP contribution in [0.5, 0.6) is 0 Å². The van der Waals surface area contributed by atoms with Crippen LogP contribution in [0.1, 0.15) is 23.2 Å². The van der Waals surface area contributed by atoms with Crippen LogP contribution < -0.4 is 0 Å². The van der Waals surface area contributed by atoms with Crippen LogP contribution in [0.2, 0.25) is 0 Å². The van der Waals surface area contributed by atoms with Crippen molar-refractivity contribution >= 4 is 11.7 Å². The number of hydrogen-bond acceptors (Lipinski definition) is 2. The van der Waals surface area contributed by atoms with E-state index in [1.54, 1.807) is 14.1 Å². The number of rotatable bonds is 4. The minimum absolute atomic E-state index is 0.0118. The third kappa shape index (κ3) is 3.62. The largest absolute Gasteiger partial charge is 0.349 e. The van der Waals surface area contributed by atoms with Crippen molar-refractivity contribution in [1.82, 2.24) is 4.90 Å². The summed E-state index contributed by atoms with van der Waals surface area (Å²) in [5.41, 5.74) is 0.0791. The van der Waals surface area contributed by atoms with Crippen molar-refractivity contribution in [1.29, 1.82) is 0 Å². The lowest BCUT2D eigenvalue weighted by atomic mass is 10.1. The number of carbonyl (C=O) groups is 2. The molecule has 0 atom stereocenters. The molecule has 3 nitrogen and oxygen atoms in total. The summed E-state index contributed by atoms with van der Waals surface area (Å²) in [6, 6.07) is 2.95. The second kappa shape index (κ2) is 5.52. The van der Waals surface area contributed by atoms with E-state index in [1.807, 2.05) is 0 Å². The molecule has 0 heterocycles. The predicted octanol–water partition coefficient (Wildman–Crippen LogP) is 2.02. The summed E-state index contributed by atoms with van der Waals surface area (Å²) in [5.74, 6) is -2.61. The van der Waals surface area contributed by atoms with E-state index in [1.165, 1.54) is 11.0 Å². The molecule has 5 heteroatoms. The summed E-state index contributed by atoms with van der Waals surface area (Å²) >= 11 is 0. The zero-order chi connectivity index (χ0) is 13.0. The lowest BCUT2D eigenvalue weighted by Crippen LogP contribution is -2.22. The van der Waals surface area contributed by atoms with E-state index < -0.39 is 11.6 Å². The average Bonchev–Trinajstić information content (AvgIpc) is 2.28. The van der Waals surface area contributed by atoms with Crippen LogP contribution >= 0.6 is 0 Å². The van der Waals surface area contributed by atoms with Gasteiger partial charge in [0.25, 0.3) is 0 Å². The van der Waals surface area contributed by atoms with Crippen molar-refractivity contribution in [3.05, 3.63) is 35.4 Å². The van der Waals surface area contributed by atoms with Crippen molar-refractivity contribution < 1.29 is 18.4 Å². The van der Waals surface area contributed by atoms with Crippen LogP contribution in [0.15, 0.2) is 18.2 Å². The quantitative estimate of drug-likeness (QED) is 0.756. The number of ketones is 1. The van der Waals surface area contributed by atoms with Crippen LogP contribution in [0, 0.1) is 11.6 Å². The van der Waals surface area contributed by atoms with Crippen molar-refractivity contribution in [2.45, 2.75) is 12.8 Å². The number of amides is 1. The fourth-order valence-corrected chi connectivity index (χ4v) is 1.26. The summed E-state index contributed by atoms with van der Waals surface area (Å²) in [4.78, 5) is 24.2. The molecule has 1 rings (SSSR count). The number of nitrogens with zero attached hydrogens (tertiary/aromatic N) is 1. The van der Waals surface area contributed by atoms with Gasteiger partial charge in [0.2, 0.25) is 5.91 Å². The second-order valence-corrected chi connectivity index (χ2v) is 3.84. The SMILES string of the molecule is CN(C)C(=O)CCC(=O)c1ccc(F)c(F)c1. The van der Waals surface area contributed by atoms with Gasteiger partial charge in [-0.2, -0.15) is 0 Å². The number of hydrogen-bond donors (Lipinski definition) is 0. The van der Waals surface area contributed by atoms with E-state index in [9.17, 15) is 18.4 Å². The Bertz CT molecular complexity index is 444. The summed E-state index contributed by atoms with van der Waals surface area (Å²) < 4.78 is 25.5. The molecule has 1 aromatic carbocycles. The first-order valence-corrected chi connectivity index (χ1v) is 5.10. The topological polar surface area (TPSA) is 37.4 Å². The first-order chi connectivity index (χ1) is 7.91. The maximum absolute atomic E-state index is 12.9. The van der Waals surface area contributed by atoms with E-state index >= 15 is 0 Å². The first kappa shape index (κ1) is 13.3. The highest BCUT2D eigenvalue weighted by Crippen LogP contribution is 2.11. The molecular formula is C12H13F2NO2. The fraction of sp³-hybridized carbons (Fsp3) is 0.333. The van der Waals surface area contributed by atoms with Gasteiger partial charge in [-0.25, -0.2) is 8.78 Å². The van der Waals surface area contributed by atoms with Gasteiger partial charge >= 0.3 is 0 Å². The van der Waals surface area contributed by atoms with Crippen LogP contribution in [0.25, 0.3) is 0 Å². The van der Waals surface area contributed by atoms with Crippen molar-refractivity contribution in [2.75, 3.05) is 14.1 Å². The van der Waals surface area contributed by atoms with E-state index in [0.717, 1.165) is 12.1 Å². The highest BCUT2D eigenvalue weighted by molar-refractivity contribution is 5.97. The molecular weight excluding hydrogens is 228 g/mol. The Morgan fingerprint density at radius 3 is 2.29 bits per heavy atom. The Kier molecular flexibility index (Phi) is 4.31. The molecule has 0 N–H and O–H groups in total. The van der Waals surface area contributed by atoms with Gasteiger partial charge in [-0.3, -0.25) is 9.59 Å². The van der Waals surface area contributed by atoms with Gasteiger partial charge in [0.05, 0.1) is 0 Å². The predicted molar refractivity (Wildman–Crippen MR) is 58.6 cm³/mol. The average molecular weight is 241 g/mol. The number of benzene rings is 1. The molecule has 0 aliphatic carbocycles. The van der Waals surface area contributed by atoms with Crippen LogP contribution in [0.3, 0.4) is 0 Å². The number of Topliss-reactive ketones (excluding diaryl/α,β-unsaturated/α-hetero) is 1. The Labute approximate surface area is 98.0 Å². The molecule has 0 saturated carbocycles. The van der Waals surface area contributed by atoms with Crippen molar-refractivity contribution in [3.63, 3.8) is 0 Å². The van der Waals surface area contributed by atoms with Gasteiger partial charge in [0, 0.05) is 32.5 Å². The van der Waals surface area contributed by atoms with Gasteiger partial charge in [-0.15, -0.1) is 0 Å². The van der Waals surface area contributed by atoms with Crippen LogP contribution in [0.4, 0.5) is 8.78 Å². The lowest BCUT2D eigenvalue weighted by Gasteiger charge is -2.09. The second-order valence-electron chi connectivity index (χ2n) is 3.84. The Morgan fingerprint density at radius 1 is 1.12 bits per heavy atom. The number of halogens is 2.